The highest BCUT2D eigenvalue weighted by atomic mass is 16.6. The first-order chi connectivity index (χ1) is 13.0. The van der Waals surface area contributed by atoms with Crippen molar-refractivity contribution in [1.82, 2.24) is 15.0 Å². The maximum atomic E-state index is 11.6. The van der Waals surface area contributed by atoms with Crippen LogP contribution in [0.5, 0.6) is 0 Å². The van der Waals surface area contributed by atoms with Gasteiger partial charge < -0.3 is 16.0 Å². The van der Waals surface area contributed by atoms with Gasteiger partial charge in [-0.15, -0.1) is 0 Å². The van der Waals surface area contributed by atoms with E-state index in [1.54, 1.807) is 42.6 Å². The second kappa shape index (κ2) is 7.87. The monoisotopic (exact) mass is 365 g/mol. The average molecular weight is 365 g/mol. The normalized spacial score (nSPS) is 10.1. The smallest absolute Gasteiger partial charge is 0.334 e. The SMILES string of the molecule is CC(=O)Nc1ccc(Nc2ncnc(Nc3cccnc3)c2[N+](=O)[O-])cc1. The Kier molecular flexibility index (Phi) is 5.17. The van der Waals surface area contributed by atoms with E-state index in [1.807, 2.05) is 0 Å². The topological polar surface area (TPSA) is 135 Å². The summed E-state index contributed by atoms with van der Waals surface area (Å²) in [5.74, 6) is -0.109. The second-order valence-electron chi connectivity index (χ2n) is 5.43. The highest BCUT2D eigenvalue weighted by Crippen LogP contribution is 2.32. The quantitative estimate of drug-likeness (QED) is 0.447. The van der Waals surface area contributed by atoms with Crippen molar-refractivity contribution in [2.45, 2.75) is 6.92 Å². The van der Waals surface area contributed by atoms with Crippen molar-refractivity contribution in [1.29, 1.82) is 0 Å². The average Bonchev–Trinajstić information content (AvgIpc) is 2.64. The zero-order valence-corrected chi connectivity index (χ0v) is 14.2. The molecule has 27 heavy (non-hydrogen) atoms. The number of aromatic nitrogens is 3. The maximum absolute atomic E-state index is 11.6. The number of benzene rings is 1. The Labute approximate surface area is 153 Å². The van der Waals surface area contributed by atoms with Crippen molar-refractivity contribution in [3.63, 3.8) is 0 Å². The van der Waals surface area contributed by atoms with Crippen LogP contribution in [0.4, 0.5) is 34.4 Å². The minimum absolute atomic E-state index is 0.0358. The lowest BCUT2D eigenvalue weighted by molar-refractivity contribution is -0.383. The van der Waals surface area contributed by atoms with Crippen LogP contribution in [0, 0.1) is 10.1 Å². The number of nitro groups is 1. The number of nitrogens with zero attached hydrogens (tertiary/aromatic N) is 4. The highest BCUT2D eigenvalue weighted by molar-refractivity contribution is 5.89. The summed E-state index contributed by atoms with van der Waals surface area (Å²) in [7, 11) is 0. The number of hydrogen-bond acceptors (Lipinski definition) is 8. The summed E-state index contributed by atoms with van der Waals surface area (Å²) < 4.78 is 0. The molecule has 0 radical (unpaired) electrons. The number of amides is 1. The van der Waals surface area contributed by atoms with Crippen molar-refractivity contribution >= 4 is 40.3 Å². The molecule has 3 N–H and O–H groups in total. The molecule has 0 saturated carbocycles. The van der Waals surface area contributed by atoms with Crippen LogP contribution in [-0.2, 0) is 4.79 Å². The molecule has 0 atom stereocenters. The van der Waals surface area contributed by atoms with Gasteiger partial charge in [-0.2, -0.15) is 0 Å². The van der Waals surface area contributed by atoms with Crippen LogP contribution in [0.2, 0.25) is 0 Å². The first-order valence-electron chi connectivity index (χ1n) is 7.84. The van der Waals surface area contributed by atoms with E-state index in [-0.39, 0.29) is 23.2 Å². The third-order valence-electron chi connectivity index (χ3n) is 3.40. The molecule has 10 nitrogen and oxygen atoms in total. The van der Waals surface area contributed by atoms with Crippen LogP contribution in [0.15, 0.2) is 55.1 Å². The zero-order valence-electron chi connectivity index (χ0n) is 14.2. The summed E-state index contributed by atoms with van der Waals surface area (Å²) in [5.41, 5.74) is 1.44. The van der Waals surface area contributed by atoms with Gasteiger partial charge in [0.05, 0.1) is 16.8 Å². The van der Waals surface area contributed by atoms with E-state index >= 15 is 0 Å². The van der Waals surface area contributed by atoms with E-state index in [9.17, 15) is 14.9 Å². The maximum Gasteiger partial charge on any atom is 0.353 e. The van der Waals surface area contributed by atoms with Gasteiger partial charge in [-0.3, -0.25) is 19.9 Å². The van der Waals surface area contributed by atoms with E-state index < -0.39 is 4.92 Å². The van der Waals surface area contributed by atoms with Gasteiger partial charge in [0.1, 0.15) is 6.33 Å². The summed E-state index contributed by atoms with van der Waals surface area (Å²) >= 11 is 0. The standard InChI is InChI=1S/C17H15N7O3/c1-11(25)21-12-4-6-13(7-5-12)22-16-15(24(26)27)17(20-10-19-16)23-14-3-2-8-18-9-14/h2-10H,1H3,(H,21,25)(H2,19,20,22,23). The Bertz CT molecular complexity index is 962. The molecule has 0 bridgehead atoms. The molecule has 1 amide bonds. The predicted molar refractivity (Wildman–Crippen MR) is 100 cm³/mol. The number of carbonyl (C=O) groups is 1. The van der Waals surface area contributed by atoms with E-state index in [1.165, 1.54) is 19.4 Å². The lowest BCUT2D eigenvalue weighted by Crippen LogP contribution is -2.06. The van der Waals surface area contributed by atoms with E-state index in [4.69, 9.17) is 0 Å². The number of anilines is 5. The second-order valence-corrected chi connectivity index (χ2v) is 5.43. The molecule has 0 aliphatic heterocycles. The Hall–Kier alpha value is -4.08. The van der Waals surface area contributed by atoms with Crippen molar-refractivity contribution in [3.05, 3.63) is 65.2 Å². The summed E-state index contributed by atoms with van der Waals surface area (Å²) in [6, 6.07) is 10.1. The third kappa shape index (κ3) is 4.51. The van der Waals surface area contributed by atoms with E-state index in [0.29, 0.717) is 17.1 Å². The molecular weight excluding hydrogens is 350 g/mol. The van der Waals surface area contributed by atoms with Gasteiger partial charge in [0.25, 0.3) is 0 Å². The van der Waals surface area contributed by atoms with Gasteiger partial charge in [-0.1, -0.05) is 0 Å². The molecule has 0 unspecified atom stereocenters. The fourth-order valence-electron chi connectivity index (χ4n) is 2.28. The Morgan fingerprint density at radius 1 is 1.00 bits per heavy atom. The molecule has 2 aromatic heterocycles. The molecule has 0 fully saturated rings. The molecule has 136 valence electrons. The Morgan fingerprint density at radius 3 is 2.19 bits per heavy atom. The number of rotatable bonds is 6. The van der Waals surface area contributed by atoms with Gasteiger partial charge in [-0.05, 0) is 36.4 Å². The number of carbonyl (C=O) groups excluding carboxylic acids is 1. The Balaban J connectivity index is 1.88. The lowest BCUT2D eigenvalue weighted by Gasteiger charge is -2.10. The minimum atomic E-state index is -0.563. The molecule has 1 aromatic carbocycles. The molecule has 10 heteroatoms. The van der Waals surface area contributed by atoms with Crippen LogP contribution in [0.1, 0.15) is 6.92 Å². The van der Waals surface area contributed by atoms with Crippen LogP contribution in [0.3, 0.4) is 0 Å². The van der Waals surface area contributed by atoms with Gasteiger partial charge in [0.15, 0.2) is 0 Å². The number of nitrogens with one attached hydrogen (secondary N) is 3. The predicted octanol–water partition coefficient (Wildman–Crippen LogP) is 3.23. The Morgan fingerprint density at radius 2 is 1.63 bits per heavy atom. The lowest BCUT2D eigenvalue weighted by atomic mass is 10.2. The number of hydrogen-bond donors (Lipinski definition) is 3. The highest BCUT2D eigenvalue weighted by Gasteiger charge is 2.23. The molecule has 3 rings (SSSR count). The first-order valence-corrected chi connectivity index (χ1v) is 7.84. The van der Waals surface area contributed by atoms with Gasteiger partial charge in [-0.25, -0.2) is 9.97 Å². The van der Waals surface area contributed by atoms with Crippen molar-refractivity contribution in [2.24, 2.45) is 0 Å². The van der Waals surface area contributed by atoms with Crippen molar-refractivity contribution < 1.29 is 9.72 Å². The fourth-order valence-corrected chi connectivity index (χ4v) is 2.28. The third-order valence-corrected chi connectivity index (χ3v) is 3.40. The summed E-state index contributed by atoms with van der Waals surface area (Å²) in [4.78, 5) is 34.0. The first kappa shape index (κ1) is 17.7. The van der Waals surface area contributed by atoms with Crippen molar-refractivity contribution in [3.8, 4) is 0 Å². The molecule has 2 heterocycles. The molecule has 0 aliphatic carbocycles. The number of pyridine rings is 1. The van der Waals surface area contributed by atoms with E-state index in [2.05, 4.69) is 30.9 Å². The van der Waals surface area contributed by atoms with Crippen LogP contribution in [0.25, 0.3) is 0 Å². The molecule has 3 aromatic rings. The van der Waals surface area contributed by atoms with Crippen LogP contribution < -0.4 is 16.0 Å². The van der Waals surface area contributed by atoms with Gasteiger partial charge >= 0.3 is 5.69 Å². The minimum Gasteiger partial charge on any atom is -0.334 e. The van der Waals surface area contributed by atoms with Crippen LogP contribution >= 0.6 is 0 Å². The van der Waals surface area contributed by atoms with E-state index in [0.717, 1.165) is 0 Å². The molecule has 0 aliphatic rings. The molecule has 0 saturated heterocycles. The molecular formula is C17H15N7O3. The van der Waals surface area contributed by atoms with Gasteiger partial charge in [0.2, 0.25) is 17.5 Å². The summed E-state index contributed by atoms with van der Waals surface area (Å²) in [5, 5.41) is 20.0. The largest absolute Gasteiger partial charge is 0.353 e. The molecule has 0 spiro atoms. The zero-order chi connectivity index (χ0) is 19.2. The summed E-state index contributed by atoms with van der Waals surface area (Å²) in [6.45, 7) is 1.41. The fraction of sp³-hybridized carbons (Fsp3) is 0.0588. The van der Waals surface area contributed by atoms with Gasteiger partial charge in [0, 0.05) is 24.5 Å². The van der Waals surface area contributed by atoms with Crippen molar-refractivity contribution in [2.75, 3.05) is 16.0 Å². The van der Waals surface area contributed by atoms with Crippen LogP contribution in [-0.4, -0.2) is 25.8 Å². The summed E-state index contributed by atoms with van der Waals surface area (Å²) in [6.07, 6.45) is 4.34.